The van der Waals surface area contributed by atoms with E-state index in [1.54, 1.807) is 0 Å². The Kier molecular flexibility index (Phi) is 8.62. The Bertz CT molecular complexity index is 293. The molecule has 1 fully saturated rings. The second kappa shape index (κ2) is 10.1. The van der Waals surface area contributed by atoms with Crippen molar-refractivity contribution in [2.75, 3.05) is 0 Å². The molecule has 0 saturated heterocycles. The van der Waals surface area contributed by atoms with Gasteiger partial charge in [-0.2, -0.15) is 0 Å². The molecule has 2 rings (SSSR count). The maximum Gasteiger partial charge on any atom is -0.0250 e. The van der Waals surface area contributed by atoms with E-state index in [0.29, 0.717) is 0 Å². The Hall–Kier alpha value is -0.780. The van der Waals surface area contributed by atoms with Crippen LogP contribution in [0, 0.1) is 11.8 Å². The van der Waals surface area contributed by atoms with E-state index in [1.165, 1.54) is 56.9 Å². The van der Waals surface area contributed by atoms with Crippen molar-refractivity contribution in [3.05, 3.63) is 35.9 Å². The van der Waals surface area contributed by atoms with Crippen LogP contribution in [0.25, 0.3) is 0 Å². The third-order valence-electron chi connectivity index (χ3n) is 4.30. The minimum Gasteiger partial charge on any atom is -0.0683 e. The third kappa shape index (κ3) is 6.27. The standard InChI is InChI=1S/C17H26.C2H6/c1-2-3-7-15-10-12-17(13-11-15)14-16-8-5-4-6-9-16;1-2/h4-6,8-9,15,17H,2-3,7,10-14H2,1H3;1-2H3. The van der Waals surface area contributed by atoms with Crippen molar-refractivity contribution in [3.63, 3.8) is 0 Å². The van der Waals surface area contributed by atoms with E-state index in [1.807, 2.05) is 13.8 Å². The summed E-state index contributed by atoms with van der Waals surface area (Å²) in [4.78, 5) is 0. The minimum absolute atomic E-state index is 0.954. The first kappa shape index (κ1) is 16.3. The van der Waals surface area contributed by atoms with E-state index in [-0.39, 0.29) is 0 Å². The molecule has 1 aromatic carbocycles. The van der Waals surface area contributed by atoms with Gasteiger partial charge in [-0.3, -0.25) is 0 Å². The van der Waals surface area contributed by atoms with Gasteiger partial charge in [0.1, 0.15) is 0 Å². The molecular weight excluding hydrogens is 228 g/mol. The summed E-state index contributed by atoms with van der Waals surface area (Å²) in [6.45, 7) is 6.31. The van der Waals surface area contributed by atoms with Gasteiger partial charge in [-0.1, -0.05) is 83.2 Å². The first-order valence-corrected chi connectivity index (χ1v) is 8.42. The normalized spacial score (nSPS) is 22.5. The lowest BCUT2D eigenvalue weighted by molar-refractivity contribution is 0.258. The van der Waals surface area contributed by atoms with Crippen LogP contribution in [0.1, 0.15) is 71.3 Å². The zero-order chi connectivity index (χ0) is 13.9. The Balaban J connectivity index is 0.000000861. The Morgan fingerprint density at radius 1 is 0.895 bits per heavy atom. The molecule has 108 valence electrons. The van der Waals surface area contributed by atoms with Crippen LogP contribution in [0.4, 0.5) is 0 Å². The van der Waals surface area contributed by atoms with Crippen molar-refractivity contribution in [2.45, 2.75) is 72.1 Å². The van der Waals surface area contributed by atoms with Crippen molar-refractivity contribution in [1.29, 1.82) is 0 Å². The van der Waals surface area contributed by atoms with E-state index >= 15 is 0 Å². The smallest absolute Gasteiger partial charge is 0.0250 e. The molecule has 0 aromatic heterocycles. The number of hydrogen-bond acceptors (Lipinski definition) is 0. The largest absolute Gasteiger partial charge is 0.0683 e. The molecule has 0 spiro atoms. The third-order valence-corrected chi connectivity index (χ3v) is 4.30. The first-order valence-electron chi connectivity index (χ1n) is 8.42. The average Bonchev–Trinajstić information content (AvgIpc) is 2.50. The summed E-state index contributed by atoms with van der Waals surface area (Å²) in [5.41, 5.74) is 1.53. The van der Waals surface area contributed by atoms with Gasteiger partial charge >= 0.3 is 0 Å². The minimum atomic E-state index is 0.954. The van der Waals surface area contributed by atoms with Gasteiger partial charge in [0, 0.05) is 0 Å². The van der Waals surface area contributed by atoms with Crippen molar-refractivity contribution < 1.29 is 0 Å². The summed E-state index contributed by atoms with van der Waals surface area (Å²) in [6, 6.07) is 11.0. The molecule has 1 aliphatic carbocycles. The molecule has 0 bridgehead atoms. The van der Waals surface area contributed by atoms with Crippen molar-refractivity contribution in [1.82, 2.24) is 0 Å². The lowest BCUT2D eigenvalue weighted by atomic mass is 9.77. The second-order valence-corrected chi connectivity index (χ2v) is 5.72. The summed E-state index contributed by atoms with van der Waals surface area (Å²) in [5.74, 6) is 2.00. The summed E-state index contributed by atoms with van der Waals surface area (Å²) in [7, 11) is 0. The summed E-state index contributed by atoms with van der Waals surface area (Å²) in [5, 5.41) is 0. The summed E-state index contributed by atoms with van der Waals surface area (Å²) < 4.78 is 0. The predicted octanol–water partition coefficient (Wildman–Crippen LogP) is 6.25. The molecule has 0 unspecified atom stereocenters. The van der Waals surface area contributed by atoms with Crippen LogP contribution in [-0.2, 0) is 6.42 Å². The van der Waals surface area contributed by atoms with Crippen LogP contribution in [0.3, 0.4) is 0 Å². The van der Waals surface area contributed by atoms with Crippen LogP contribution in [-0.4, -0.2) is 0 Å². The van der Waals surface area contributed by atoms with Crippen LogP contribution in [0.2, 0.25) is 0 Å². The van der Waals surface area contributed by atoms with E-state index in [9.17, 15) is 0 Å². The SMILES string of the molecule is CC.CCCCC1CCC(Cc2ccccc2)CC1. The van der Waals surface area contributed by atoms with Gasteiger partial charge in [-0.15, -0.1) is 0 Å². The van der Waals surface area contributed by atoms with Crippen molar-refractivity contribution in [2.24, 2.45) is 11.8 Å². The number of rotatable bonds is 5. The molecule has 1 saturated carbocycles. The fourth-order valence-electron chi connectivity index (χ4n) is 3.16. The number of hydrogen-bond donors (Lipinski definition) is 0. The number of unbranched alkanes of at least 4 members (excludes halogenated alkanes) is 1. The molecule has 0 N–H and O–H groups in total. The van der Waals surface area contributed by atoms with Crippen LogP contribution in [0.5, 0.6) is 0 Å². The van der Waals surface area contributed by atoms with E-state index < -0.39 is 0 Å². The highest BCUT2D eigenvalue weighted by Crippen LogP contribution is 2.33. The Morgan fingerprint density at radius 2 is 1.47 bits per heavy atom. The molecular formula is C19H32. The molecule has 1 aliphatic rings. The highest BCUT2D eigenvalue weighted by Gasteiger charge is 2.20. The van der Waals surface area contributed by atoms with Gasteiger partial charge in [0.25, 0.3) is 0 Å². The molecule has 1 aromatic rings. The topological polar surface area (TPSA) is 0 Å². The van der Waals surface area contributed by atoms with Gasteiger partial charge in [0.2, 0.25) is 0 Å². The van der Waals surface area contributed by atoms with Gasteiger partial charge in [0.15, 0.2) is 0 Å². The molecule has 0 radical (unpaired) electrons. The molecule has 0 nitrogen and oxygen atoms in total. The van der Waals surface area contributed by atoms with Crippen LogP contribution >= 0.6 is 0 Å². The Labute approximate surface area is 120 Å². The van der Waals surface area contributed by atoms with Gasteiger partial charge in [-0.05, 0) is 36.7 Å². The van der Waals surface area contributed by atoms with E-state index in [0.717, 1.165) is 11.8 Å². The molecule has 0 aliphatic heterocycles. The van der Waals surface area contributed by atoms with Crippen molar-refractivity contribution >= 4 is 0 Å². The van der Waals surface area contributed by atoms with Crippen LogP contribution < -0.4 is 0 Å². The maximum atomic E-state index is 2.31. The van der Waals surface area contributed by atoms with Gasteiger partial charge in [-0.25, -0.2) is 0 Å². The molecule has 0 heterocycles. The highest BCUT2D eigenvalue weighted by molar-refractivity contribution is 5.15. The monoisotopic (exact) mass is 260 g/mol. The van der Waals surface area contributed by atoms with Crippen LogP contribution in [0.15, 0.2) is 30.3 Å². The highest BCUT2D eigenvalue weighted by atomic mass is 14.3. The fourth-order valence-corrected chi connectivity index (χ4v) is 3.16. The lowest BCUT2D eigenvalue weighted by Crippen LogP contribution is -2.16. The molecule has 0 atom stereocenters. The van der Waals surface area contributed by atoms with E-state index in [2.05, 4.69) is 37.3 Å². The first-order chi connectivity index (χ1) is 9.38. The zero-order valence-corrected chi connectivity index (χ0v) is 13.2. The maximum absolute atomic E-state index is 2.31. The predicted molar refractivity (Wildman–Crippen MR) is 86.5 cm³/mol. The average molecular weight is 260 g/mol. The molecule has 0 amide bonds. The van der Waals surface area contributed by atoms with E-state index in [4.69, 9.17) is 0 Å². The summed E-state index contributed by atoms with van der Waals surface area (Å²) in [6.07, 6.45) is 11.5. The molecule has 0 heteroatoms. The Morgan fingerprint density at radius 3 is 2.05 bits per heavy atom. The molecule has 19 heavy (non-hydrogen) atoms. The number of benzene rings is 1. The van der Waals surface area contributed by atoms with Gasteiger partial charge < -0.3 is 0 Å². The summed E-state index contributed by atoms with van der Waals surface area (Å²) >= 11 is 0. The second-order valence-electron chi connectivity index (χ2n) is 5.72. The zero-order valence-electron chi connectivity index (χ0n) is 13.2. The quantitative estimate of drug-likeness (QED) is 0.587. The fraction of sp³-hybridized carbons (Fsp3) is 0.684. The van der Waals surface area contributed by atoms with Crippen molar-refractivity contribution in [3.8, 4) is 0 Å². The lowest BCUT2D eigenvalue weighted by Gasteiger charge is -2.28. The van der Waals surface area contributed by atoms with Gasteiger partial charge in [0.05, 0.1) is 0 Å².